The third-order valence-corrected chi connectivity index (χ3v) is 5.84. The van der Waals surface area contributed by atoms with Gasteiger partial charge in [0.2, 0.25) is 0 Å². The van der Waals surface area contributed by atoms with Gasteiger partial charge in [-0.1, -0.05) is 30.3 Å². The summed E-state index contributed by atoms with van der Waals surface area (Å²) in [4.78, 5) is 4.91. The van der Waals surface area contributed by atoms with E-state index in [1.807, 2.05) is 16.8 Å². The summed E-state index contributed by atoms with van der Waals surface area (Å²) >= 11 is 0. The Hall–Kier alpha value is -2.20. The molecule has 4 nitrogen and oxygen atoms in total. The zero-order valence-corrected chi connectivity index (χ0v) is 13.7. The van der Waals surface area contributed by atoms with Crippen molar-refractivity contribution in [2.75, 3.05) is 13.1 Å². The fourth-order valence-electron chi connectivity index (χ4n) is 4.63. The highest BCUT2D eigenvalue weighted by Crippen LogP contribution is 2.40. The lowest BCUT2D eigenvalue weighted by molar-refractivity contribution is 0.241. The Morgan fingerprint density at radius 1 is 1.00 bits per heavy atom. The SMILES string of the molecule is c1ccc(-c2cccn3nc(CC4[C@@H]5CC[C@H]4CNC5)nc23)cc1. The van der Waals surface area contributed by atoms with Crippen LogP contribution >= 0.6 is 0 Å². The molecular formula is C20H22N4. The Balaban J connectivity index is 1.50. The number of aromatic nitrogens is 3. The summed E-state index contributed by atoms with van der Waals surface area (Å²) < 4.78 is 1.95. The molecule has 122 valence electrons. The van der Waals surface area contributed by atoms with Crippen LogP contribution in [0, 0.1) is 17.8 Å². The van der Waals surface area contributed by atoms with E-state index in [0.717, 1.165) is 41.2 Å². The number of nitrogens with zero attached hydrogens (tertiary/aromatic N) is 3. The lowest BCUT2D eigenvalue weighted by atomic mass is 9.83. The first-order valence-corrected chi connectivity index (χ1v) is 8.99. The molecule has 0 amide bonds. The summed E-state index contributed by atoms with van der Waals surface area (Å²) in [6.45, 7) is 2.34. The van der Waals surface area contributed by atoms with Crippen molar-refractivity contribution >= 4 is 5.65 Å². The van der Waals surface area contributed by atoms with Gasteiger partial charge in [0.05, 0.1) is 0 Å². The van der Waals surface area contributed by atoms with Crippen LogP contribution in [0.3, 0.4) is 0 Å². The lowest BCUT2D eigenvalue weighted by Crippen LogP contribution is -2.39. The minimum absolute atomic E-state index is 0.754. The van der Waals surface area contributed by atoms with Gasteiger partial charge in [0.15, 0.2) is 11.5 Å². The Bertz CT molecular complexity index is 838. The Labute approximate surface area is 141 Å². The Morgan fingerprint density at radius 2 is 1.79 bits per heavy atom. The van der Waals surface area contributed by atoms with Gasteiger partial charge in [-0.15, -0.1) is 0 Å². The third kappa shape index (κ3) is 2.33. The molecule has 1 aliphatic carbocycles. The maximum Gasteiger partial charge on any atom is 0.163 e. The normalized spacial score (nSPS) is 26.1. The summed E-state index contributed by atoms with van der Waals surface area (Å²) in [7, 11) is 0. The van der Waals surface area contributed by atoms with E-state index < -0.39 is 0 Å². The first kappa shape index (κ1) is 14.2. The van der Waals surface area contributed by atoms with Crippen LogP contribution in [-0.2, 0) is 6.42 Å². The highest BCUT2D eigenvalue weighted by atomic mass is 15.3. The predicted octanol–water partition coefficient (Wildman–Crippen LogP) is 3.18. The number of benzene rings is 1. The molecular weight excluding hydrogens is 296 g/mol. The van der Waals surface area contributed by atoms with Gasteiger partial charge in [-0.2, -0.15) is 5.10 Å². The first-order chi connectivity index (χ1) is 11.9. The van der Waals surface area contributed by atoms with E-state index in [9.17, 15) is 0 Å². The zero-order valence-electron chi connectivity index (χ0n) is 13.7. The number of hydrogen-bond donors (Lipinski definition) is 1. The molecule has 1 saturated carbocycles. The van der Waals surface area contributed by atoms with Crippen molar-refractivity contribution in [3.05, 3.63) is 54.5 Å². The maximum atomic E-state index is 4.91. The van der Waals surface area contributed by atoms with E-state index in [-0.39, 0.29) is 0 Å². The standard InChI is InChI=1S/C20H22N4/c1-2-5-14(6-3-1)17-7-4-10-24-20(17)22-19(23-24)11-18-15-8-9-16(18)13-21-12-15/h1-7,10,15-16,18,21H,8-9,11-13H2/t15-,16+,18?. The number of fused-ring (bicyclic) bond motifs is 3. The molecule has 1 saturated heterocycles. The summed E-state index contributed by atoms with van der Waals surface area (Å²) in [6, 6.07) is 14.7. The molecule has 3 atom stereocenters. The van der Waals surface area contributed by atoms with Gasteiger partial charge >= 0.3 is 0 Å². The van der Waals surface area contributed by atoms with E-state index in [1.54, 1.807) is 0 Å². The highest BCUT2D eigenvalue weighted by Gasteiger charge is 2.39. The largest absolute Gasteiger partial charge is 0.316 e. The van der Waals surface area contributed by atoms with Crippen molar-refractivity contribution in [3.63, 3.8) is 0 Å². The molecule has 0 spiro atoms. The van der Waals surface area contributed by atoms with Crippen molar-refractivity contribution in [3.8, 4) is 11.1 Å². The molecule has 5 rings (SSSR count). The second-order valence-electron chi connectivity index (χ2n) is 7.21. The third-order valence-electron chi connectivity index (χ3n) is 5.84. The fraction of sp³-hybridized carbons (Fsp3) is 0.400. The van der Waals surface area contributed by atoms with Gasteiger partial charge in [-0.25, -0.2) is 9.50 Å². The van der Waals surface area contributed by atoms with Crippen LogP contribution < -0.4 is 5.32 Å². The minimum atomic E-state index is 0.754. The molecule has 4 heteroatoms. The molecule has 3 aromatic rings. The summed E-state index contributed by atoms with van der Waals surface area (Å²) in [5.41, 5.74) is 3.33. The topological polar surface area (TPSA) is 42.2 Å². The number of pyridine rings is 1. The molecule has 2 fully saturated rings. The minimum Gasteiger partial charge on any atom is -0.316 e. The highest BCUT2D eigenvalue weighted by molar-refractivity contribution is 5.77. The van der Waals surface area contributed by atoms with Crippen LogP contribution in [0.1, 0.15) is 18.7 Å². The molecule has 1 unspecified atom stereocenters. The molecule has 1 aromatic carbocycles. The van der Waals surface area contributed by atoms with E-state index in [1.165, 1.54) is 31.5 Å². The first-order valence-electron chi connectivity index (χ1n) is 8.99. The molecule has 2 bridgehead atoms. The van der Waals surface area contributed by atoms with Crippen LogP contribution in [0.25, 0.3) is 16.8 Å². The van der Waals surface area contributed by atoms with Crippen molar-refractivity contribution in [2.24, 2.45) is 17.8 Å². The average molecular weight is 318 g/mol. The van der Waals surface area contributed by atoms with Crippen molar-refractivity contribution in [2.45, 2.75) is 19.3 Å². The number of rotatable bonds is 3. The van der Waals surface area contributed by atoms with Crippen LogP contribution in [-0.4, -0.2) is 27.7 Å². The molecule has 2 aliphatic rings. The van der Waals surface area contributed by atoms with Gasteiger partial charge < -0.3 is 5.32 Å². The molecule has 2 aromatic heterocycles. The average Bonchev–Trinajstić information content (AvgIpc) is 3.11. The van der Waals surface area contributed by atoms with Crippen LogP contribution in [0.5, 0.6) is 0 Å². The summed E-state index contributed by atoms with van der Waals surface area (Å²) in [5.74, 6) is 3.37. The number of piperidine rings is 1. The Morgan fingerprint density at radius 3 is 2.58 bits per heavy atom. The molecule has 24 heavy (non-hydrogen) atoms. The van der Waals surface area contributed by atoms with Crippen LogP contribution in [0.4, 0.5) is 0 Å². The van der Waals surface area contributed by atoms with Crippen molar-refractivity contribution < 1.29 is 0 Å². The van der Waals surface area contributed by atoms with E-state index in [4.69, 9.17) is 10.1 Å². The molecule has 1 aliphatic heterocycles. The zero-order chi connectivity index (χ0) is 15.9. The molecule has 1 N–H and O–H groups in total. The lowest BCUT2D eigenvalue weighted by Gasteiger charge is -2.29. The van der Waals surface area contributed by atoms with E-state index in [2.05, 4.69) is 41.7 Å². The number of nitrogens with one attached hydrogen (secondary N) is 1. The van der Waals surface area contributed by atoms with Crippen molar-refractivity contribution in [1.29, 1.82) is 0 Å². The van der Waals surface area contributed by atoms with Gasteiger partial charge in [-0.05, 0) is 61.4 Å². The number of hydrogen-bond acceptors (Lipinski definition) is 3. The summed E-state index contributed by atoms with van der Waals surface area (Å²) in [5, 5.41) is 8.35. The smallest absolute Gasteiger partial charge is 0.163 e. The van der Waals surface area contributed by atoms with Gasteiger partial charge in [0.1, 0.15) is 0 Å². The summed E-state index contributed by atoms with van der Waals surface area (Å²) in [6.07, 6.45) is 5.76. The Kier molecular flexibility index (Phi) is 3.37. The van der Waals surface area contributed by atoms with Gasteiger partial charge in [0.25, 0.3) is 0 Å². The maximum absolute atomic E-state index is 4.91. The second kappa shape index (κ2) is 5.71. The van der Waals surface area contributed by atoms with Gasteiger partial charge in [-0.3, -0.25) is 0 Å². The quantitative estimate of drug-likeness (QED) is 0.806. The molecule has 0 radical (unpaired) electrons. The predicted molar refractivity (Wildman–Crippen MR) is 94.7 cm³/mol. The van der Waals surface area contributed by atoms with Crippen LogP contribution in [0.2, 0.25) is 0 Å². The fourth-order valence-corrected chi connectivity index (χ4v) is 4.63. The van der Waals surface area contributed by atoms with E-state index in [0.29, 0.717) is 0 Å². The monoisotopic (exact) mass is 318 g/mol. The molecule has 3 heterocycles. The van der Waals surface area contributed by atoms with E-state index >= 15 is 0 Å². The van der Waals surface area contributed by atoms with Crippen LogP contribution in [0.15, 0.2) is 48.7 Å². The second-order valence-corrected chi connectivity index (χ2v) is 7.21. The van der Waals surface area contributed by atoms with Crippen molar-refractivity contribution in [1.82, 2.24) is 19.9 Å². The van der Waals surface area contributed by atoms with Gasteiger partial charge in [0, 0.05) is 18.2 Å².